The molecule has 0 saturated carbocycles. The van der Waals surface area contributed by atoms with Gasteiger partial charge in [0.15, 0.2) is 0 Å². The molecule has 236 valence electrons. The van der Waals surface area contributed by atoms with Crippen LogP contribution in [-0.2, 0) is 4.74 Å². The van der Waals surface area contributed by atoms with Gasteiger partial charge in [-0.15, -0.1) is 11.3 Å². The molecule has 0 fully saturated rings. The van der Waals surface area contributed by atoms with E-state index in [9.17, 15) is 4.79 Å². The Bertz CT molecular complexity index is 1720. The van der Waals surface area contributed by atoms with Gasteiger partial charge in [0.2, 0.25) is 5.13 Å². The van der Waals surface area contributed by atoms with Crippen LogP contribution in [0.15, 0.2) is 102 Å². The van der Waals surface area contributed by atoms with Gasteiger partial charge in [0.1, 0.15) is 12.4 Å². The molecule has 1 N–H and O–H groups in total. The Balaban J connectivity index is 1.19. The predicted octanol–water partition coefficient (Wildman–Crippen LogP) is 10.5. The highest BCUT2D eigenvalue weighted by Gasteiger charge is 2.31. The van der Waals surface area contributed by atoms with Crippen molar-refractivity contribution in [2.24, 2.45) is 5.92 Å². The third-order valence-corrected chi connectivity index (χ3v) is 9.58. The van der Waals surface area contributed by atoms with E-state index < -0.39 is 6.09 Å². The number of nitrogens with zero attached hydrogens (tertiary/aromatic N) is 2. The number of ether oxygens (including phenoxy) is 2. The molecular formula is C39H41N3O3S. The first-order valence-corrected chi connectivity index (χ1v) is 17.1. The lowest BCUT2D eigenvalue weighted by Gasteiger charge is -2.23. The van der Waals surface area contributed by atoms with E-state index >= 15 is 0 Å². The quantitative estimate of drug-likeness (QED) is 0.131. The number of anilines is 2. The molecule has 5 aromatic rings. The summed E-state index contributed by atoms with van der Waals surface area (Å²) in [5.74, 6) is 1.39. The highest BCUT2D eigenvalue weighted by Crippen LogP contribution is 2.44. The van der Waals surface area contributed by atoms with Crippen molar-refractivity contribution in [3.05, 3.63) is 119 Å². The van der Waals surface area contributed by atoms with Gasteiger partial charge in [-0.2, -0.15) is 5.01 Å². The van der Waals surface area contributed by atoms with Crippen LogP contribution >= 0.6 is 11.3 Å². The van der Waals surface area contributed by atoms with E-state index in [0.717, 1.165) is 41.3 Å². The number of carbonyl (C=O) groups is 1. The number of nitrogens with one attached hydrogen (secondary N) is 1. The standard InChI is InChI=1S/C39H41N3O3S/c1-4-6-14-28(5-2)24-44-30-22-20-29(21-23-30)37-26-46-38(40-37)42(41-36-19-12-7-13-27(36)3)39(43)45-25-35-33-17-10-8-15-31(33)32-16-9-11-18-34(32)35/h7-13,15-23,26,28,35,41H,4-6,14,24-25H2,1-3H3. The second kappa shape index (κ2) is 14.6. The normalized spacial score (nSPS) is 12.7. The fourth-order valence-corrected chi connectivity index (χ4v) is 6.77. The van der Waals surface area contributed by atoms with Gasteiger partial charge in [-0.3, -0.25) is 5.43 Å². The molecule has 1 heterocycles. The van der Waals surface area contributed by atoms with Crippen molar-refractivity contribution in [2.45, 2.75) is 52.4 Å². The molecule has 6 nitrogen and oxygen atoms in total. The zero-order valence-corrected chi connectivity index (χ0v) is 27.6. The summed E-state index contributed by atoms with van der Waals surface area (Å²) in [5.41, 5.74) is 11.6. The Morgan fingerprint density at radius 1 is 0.913 bits per heavy atom. The topological polar surface area (TPSA) is 63.7 Å². The van der Waals surface area contributed by atoms with Crippen LogP contribution in [0.1, 0.15) is 62.1 Å². The Kier molecular flexibility index (Phi) is 9.99. The first-order valence-electron chi connectivity index (χ1n) is 16.2. The molecule has 1 atom stereocenters. The molecular weight excluding hydrogens is 591 g/mol. The minimum atomic E-state index is -0.511. The van der Waals surface area contributed by atoms with Crippen LogP contribution in [0.2, 0.25) is 0 Å². The zero-order valence-electron chi connectivity index (χ0n) is 26.7. The maximum Gasteiger partial charge on any atom is 0.435 e. The van der Waals surface area contributed by atoms with E-state index in [1.807, 2.05) is 73.0 Å². The van der Waals surface area contributed by atoms with E-state index in [1.165, 1.54) is 57.9 Å². The lowest BCUT2D eigenvalue weighted by atomic mass is 9.98. The van der Waals surface area contributed by atoms with Crippen molar-refractivity contribution in [3.8, 4) is 28.1 Å². The van der Waals surface area contributed by atoms with Crippen molar-refractivity contribution >= 4 is 28.2 Å². The molecule has 1 amide bonds. The summed E-state index contributed by atoms with van der Waals surface area (Å²) in [6, 6.07) is 32.6. The summed E-state index contributed by atoms with van der Waals surface area (Å²) in [6.45, 7) is 7.41. The molecule has 0 bridgehead atoms. The summed E-state index contributed by atoms with van der Waals surface area (Å²) >= 11 is 1.39. The number of para-hydroxylation sites is 1. The van der Waals surface area contributed by atoms with Crippen molar-refractivity contribution < 1.29 is 14.3 Å². The van der Waals surface area contributed by atoms with Crippen molar-refractivity contribution in [2.75, 3.05) is 23.6 Å². The molecule has 7 heteroatoms. The van der Waals surface area contributed by atoms with Crippen LogP contribution in [0.3, 0.4) is 0 Å². The van der Waals surface area contributed by atoms with Crippen LogP contribution in [0.5, 0.6) is 5.75 Å². The number of aromatic nitrogens is 1. The van der Waals surface area contributed by atoms with Gasteiger partial charge in [0, 0.05) is 16.9 Å². The molecule has 4 aromatic carbocycles. The number of rotatable bonds is 13. The summed E-state index contributed by atoms with van der Waals surface area (Å²) in [5, 5.41) is 3.88. The zero-order chi connectivity index (χ0) is 31.9. The van der Waals surface area contributed by atoms with Crippen molar-refractivity contribution in [1.29, 1.82) is 0 Å². The van der Waals surface area contributed by atoms with Crippen LogP contribution in [0.25, 0.3) is 22.4 Å². The fourth-order valence-electron chi connectivity index (χ4n) is 5.98. The maximum absolute atomic E-state index is 13.8. The van der Waals surface area contributed by atoms with Gasteiger partial charge >= 0.3 is 6.09 Å². The SMILES string of the molecule is CCCCC(CC)COc1ccc(-c2csc(N(Nc3ccccc3C)C(=O)OCC3c4ccccc4-c4ccccc43)n2)cc1. The summed E-state index contributed by atoms with van der Waals surface area (Å²) < 4.78 is 12.2. The van der Waals surface area contributed by atoms with E-state index in [1.54, 1.807) is 0 Å². The predicted molar refractivity (Wildman–Crippen MR) is 189 cm³/mol. The number of aryl methyl sites for hydroxylation is 1. The lowest BCUT2D eigenvalue weighted by Crippen LogP contribution is -2.37. The summed E-state index contributed by atoms with van der Waals surface area (Å²) in [7, 11) is 0. The number of hydrogen-bond donors (Lipinski definition) is 1. The van der Waals surface area contributed by atoms with Gasteiger partial charge in [-0.1, -0.05) is 99.8 Å². The first-order chi connectivity index (χ1) is 22.6. The molecule has 0 aliphatic heterocycles. The van der Waals surface area contributed by atoms with Crippen LogP contribution in [0.4, 0.5) is 15.6 Å². The molecule has 6 rings (SSSR count). The number of hydrazine groups is 1. The van der Waals surface area contributed by atoms with Gasteiger partial charge < -0.3 is 9.47 Å². The number of thiazole rings is 1. The Morgan fingerprint density at radius 2 is 1.59 bits per heavy atom. The smallest absolute Gasteiger partial charge is 0.435 e. The van der Waals surface area contributed by atoms with Crippen LogP contribution in [0, 0.1) is 12.8 Å². The number of amides is 1. The van der Waals surface area contributed by atoms with E-state index in [4.69, 9.17) is 14.5 Å². The number of carbonyl (C=O) groups excluding carboxylic acids is 1. The minimum Gasteiger partial charge on any atom is -0.493 e. The van der Waals surface area contributed by atoms with Gasteiger partial charge in [-0.25, -0.2) is 9.78 Å². The fraction of sp³-hybridized carbons (Fsp3) is 0.282. The number of unbranched alkanes of at least 4 members (excludes halogenated alkanes) is 1. The number of hydrogen-bond acceptors (Lipinski definition) is 6. The summed E-state index contributed by atoms with van der Waals surface area (Å²) in [6.07, 6.45) is 4.25. The molecule has 0 radical (unpaired) electrons. The highest BCUT2D eigenvalue weighted by molar-refractivity contribution is 7.14. The van der Waals surface area contributed by atoms with Gasteiger partial charge in [0.25, 0.3) is 0 Å². The maximum atomic E-state index is 13.8. The summed E-state index contributed by atoms with van der Waals surface area (Å²) in [4.78, 5) is 18.7. The average Bonchev–Trinajstić information content (AvgIpc) is 3.71. The van der Waals surface area contributed by atoms with Gasteiger partial charge in [0.05, 0.1) is 18.0 Å². The monoisotopic (exact) mass is 631 g/mol. The van der Waals surface area contributed by atoms with E-state index in [2.05, 4.69) is 55.7 Å². The van der Waals surface area contributed by atoms with Crippen molar-refractivity contribution in [3.63, 3.8) is 0 Å². The Labute approximate surface area is 276 Å². The van der Waals surface area contributed by atoms with Crippen LogP contribution < -0.4 is 15.2 Å². The lowest BCUT2D eigenvalue weighted by molar-refractivity contribution is 0.151. The first kappa shape index (κ1) is 31.4. The molecule has 1 aromatic heterocycles. The van der Waals surface area contributed by atoms with E-state index in [0.29, 0.717) is 11.0 Å². The second-order valence-corrected chi connectivity index (χ2v) is 12.7. The molecule has 0 saturated heterocycles. The Hall–Kier alpha value is -4.62. The van der Waals surface area contributed by atoms with E-state index in [-0.39, 0.29) is 12.5 Å². The molecule has 1 aliphatic rings. The largest absolute Gasteiger partial charge is 0.493 e. The number of fused-ring (bicyclic) bond motifs is 3. The minimum absolute atomic E-state index is 0.0384. The van der Waals surface area contributed by atoms with Gasteiger partial charge in [-0.05, 0) is 77.4 Å². The molecule has 1 aliphatic carbocycles. The third kappa shape index (κ3) is 6.95. The second-order valence-electron chi connectivity index (χ2n) is 11.8. The average molecular weight is 632 g/mol. The molecule has 0 spiro atoms. The number of benzene rings is 4. The molecule has 1 unspecified atom stereocenters. The van der Waals surface area contributed by atoms with Crippen molar-refractivity contribution in [1.82, 2.24) is 4.98 Å². The Morgan fingerprint density at radius 3 is 2.26 bits per heavy atom. The van der Waals surface area contributed by atoms with Crippen LogP contribution in [-0.4, -0.2) is 24.3 Å². The highest BCUT2D eigenvalue weighted by atomic mass is 32.1. The molecule has 46 heavy (non-hydrogen) atoms. The third-order valence-electron chi connectivity index (χ3n) is 8.76.